The molecule has 9 nitrogen and oxygen atoms in total. The molecule has 3 rings (SSSR count). The maximum atomic E-state index is 13.2. The van der Waals surface area contributed by atoms with Crippen molar-refractivity contribution in [3.05, 3.63) is 41.8 Å². The third kappa shape index (κ3) is 5.51. The third-order valence-electron chi connectivity index (χ3n) is 5.19. The molecule has 3 atom stereocenters. The van der Waals surface area contributed by atoms with Crippen LogP contribution < -0.4 is 11.1 Å². The highest BCUT2D eigenvalue weighted by Crippen LogP contribution is 2.31. The summed E-state index contributed by atoms with van der Waals surface area (Å²) in [5.41, 5.74) is 5.81. The van der Waals surface area contributed by atoms with E-state index in [9.17, 15) is 32.4 Å². The van der Waals surface area contributed by atoms with Crippen LogP contribution in [0.15, 0.2) is 30.5 Å². The lowest BCUT2D eigenvalue weighted by atomic mass is 9.93. The van der Waals surface area contributed by atoms with E-state index >= 15 is 0 Å². The molecule has 0 radical (unpaired) electrons. The van der Waals surface area contributed by atoms with Crippen molar-refractivity contribution in [2.24, 2.45) is 11.7 Å². The fourth-order valence-electron chi connectivity index (χ4n) is 3.31. The van der Waals surface area contributed by atoms with E-state index in [1.54, 1.807) is 0 Å². The molecule has 1 aromatic carbocycles. The average molecular weight is 468 g/mol. The quantitative estimate of drug-likeness (QED) is 0.649. The number of nitriles is 1. The van der Waals surface area contributed by atoms with E-state index in [0.717, 1.165) is 11.8 Å². The number of anilines is 2. The van der Waals surface area contributed by atoms with Crippen molar-refractivity contribution in [2.75, 3.05) is 18.4 Å². The van der Waals surface area contributed by atoms with Gasteiger partial charge in [-0.25, -0.2) is 9.18 Å². The molecule has 33 heavy (non-hydrogen) atoms. The Morgan fingerprint density at radius 3 is 2.58 bits per heavy atom. The van der Waals surface area contributed by atoms with E-state index < -0.39 is 42.1 Å². The molecule has 13 heteroatoms. The summed E-state index contributed by atoms with van der Waals surface area (Å²) in [7, 11) is 0. The van der Waals surface area contributed by atoms with Gasteiger partial charge in [0.1, 0.15) is 11.4 Å². The van der Waals surface area contributed by atoms with Crippen LogP contribution in [0.5, 0.6) is 0 Å². The predicted octanol–water partition coefficient (Wildman–Crippen LogP) is 3.34. The van der Waals surface area contributed by atoms with Crippen LogP contribution in [0, 0.1) is 23.1 Å². The molecule has 1 saturated heterocycles. The summed E-state index contributed by atoms with van der Waals surface area (Å²) in [6, 6.07) is 6.53. The van der Waals surface area contributed by atoms with Crippen molar-refractivity contribution >= 4 is 23.5 Å². The van der Waals surface area contributed by atoms with Crippen LogP contribution in [0.3, 0.4) is 0 Å². The van der Waals surface area contributed by atoms with Gasteiger partial charge in [0.25, 0.3) is 5.91 Å². The van der Waals surface area contributed by atoms with Crippen LogP contribution in [-0.4, -0.2) is 52.1 Å². The van der Waals surface area contributed by atoms with Crippen molar-refractivity contribution in [1.29, 1.82) is 5.26 Å². The van der Waals surface area contributed by atoms with Gasteiger partial charge in [0.2, 0.25) is 0 Å². The first-order valence-corrected chi connectivity index (χ1v) is 9.83. The molecule has 1 aromatic heterocycles. The number of likely N-dealkylation sites (tertiary alicyclic amines) is 1. The second kappa shape index (κ2) is 9.35. The van der Waals surface area contributed by atoms with Gasteiger partial charge in [-0.3, -0.25) is 9.48 Å². The minimum atomic E-state index is -4.71. The summed E-state index contributed by atoms with van der Waals surface area (Å²) >= 11 is 0. The van der Waals surface area contributed by atoms with Crippen LogP contribution in [0.1, 0.15) is 29.7 Å². The Morgan fingerprint density at radius 1 is 1.33 bits per heavy atom. The second-order valence-corrected chi connectivity index (χ2v) is 7.47. The molecule has 176 valence electrons. The molecule has 0 saturated carbocycles. The van der Waals surface area contributed by atoms with Crippen molar-refractivity contribution < 1.29 is 31.9 Å². The molecule has 2 amide bonds. The number of aromatic nitrogens is 2. The Hall–Kier alpha value is -3.82. The zero-order valence-corrected chi connectivity index (χ0v) is 17.3. The highest BCUT2D eigenvalue weighted by atomic mass is 19.4. The summed E-state index contributed by atoms with van der Waals surface area (Å²) in [4.78, 5) is 25.2. The molecule has 1 fully saturated rings. The fraction of sp³-hybridized carbons (Fsp3) is 0.400. The van der Waals surface area contributed by atoms with Gasteiger partial charge in [0.15, 0.2) is 11.9 Å². The zero-order chi connectivity index (χ0) is 24.3. The number of carbonyl (C=O) groups excluding carboxylic acids is 2. The molecule has 2 heterocycles. The average Bonchev–Trinajstić information content (AvgIpc) is 3.18. The topological polar surface area (TPSA) is 126 Å². The standard InChI is InChI=1S/C20H20F4N6O3/c1-11(20(22,23)24)33-19(32)29-7-6-12(8-25)16(10-29)30-9-15(17(26)31)18(28-30)27-14-4-2-13(21)3-5-14/h2-5,9,11-12,16H,6-7,10H2,1H3,(H2,26,31)(H,27,28). The van der Waals surface area contributed by atoms with Crippen molar-refractivity contribution in [3.8, 4) is 6.07 Å². The maximum Gasteiger partial charge on any atom is 0.425 e. The number of rotatable bonds is 5. The Balaban J connectivity index is 1.84. The van der Waals surface area contributed by atoms with Crippen LogP contribution in [0.4, 0.5) is 33.9 Å². The molecule has 1 aliphatic rings. The number of piperidine rings is 1. The van der Waals surface area contributed by atoms with Crippen molar-refractivity contribution in [1.82, 2.24) is 14.7 Å². The Bertz CT molecular complexity index is 1060. The zero-order valence-electron chi connectivity index (χ0n) is 17.3. The van der Waals surface area contributed by atoms with Crippen LogP contribution in [-0.2, 0) is 4.74 Å². The Kier molecular flexibility index (Phi) is 6.75. The predicted molar refractivity (Wildman–Crippen MR) is 107 cm³/mol. The van der Waals surface area contributed by atoms with Crippen molar-refractivity contribution in [3.63, 3.8) is 0 Å². The van der Waals surface area contributed by atoms with Gasteiger partial charge < -0.3 is 20.7 Å². The second-order valence-electron chi connectivity index (χ2n) is 7.47. The van der Waals surface area contributed by atoms with Gasteiger partial charge >= 0.3 is 12.3 Å². The first kappa shape index (κ1) is 23.8. The molecule has 0 spiro atoms. The minimum Gasteiger partial charge on any atom is -0.437 e. The number of ether oxygens (including phenoxy) is 1. The lowest BCUT2D eigenvalue weighted by molar-refractivity contribution is -0.200. The number of primary amides is 1. The number of nitrogens with two attached hydrogens (primary N) is 1. The number of benzene rings is 1. The number of hydrogen-bond donors (Lipinski definition) is 2. The summed E-state index contributed by atoms with van der Waals surface area (Å²) in [5.74, 6) is -1.90. The normalized spacial score (nSPS) is 19.5. The molecule has 2 aromatic rings. The minimum absolute atomic E-state index is 0.0166. The molecule has 3 N–H and O–H groups in total. The smallest absolute Gasteiger partial charge is 0.425 e. The lowest BCUT2D eigenvalue weighted by Crippen LogP contribution is -2.46. The first-order chi connectivity index (χ1) is 15.5. The molecular formula is C20H20F4N6O3. The van der Waals surface area contributed by atoms with Gasteiger partial charge in [0, 0.05) is 25.0 Å². The number of nitrogens with one attached hydrogen (secondary N) is 1. The summed E-state index contributed by atoms with van der Waals surface area (Å²) in [6.07, 6.45) is -6.73. The third-order valence-corrected chi connectivity index (χ3v) is 5.19. The summed E-state index contributed by atoms with van der Waals surface area (Å²) in [5, 5.41) is 16.6. The highest BCUT2D eigenvalue weighted by Gasteiger charge is 2.41. The van der Waals surface area contributed by atoms with E-state index in [4.69, 9.17) is 5.73 Å². The lowest BCUT2D eigenvalue weighted by Gasteiger charge is -2.35. The number of alkyl halides is 3. The van der Waals surface area contributed by atoms with Gasteiger partial charge in [-0.1, -0.05) is 0 Å². The number of halogens is 4. The van der Waals surface area contributed by atoms with E-state index in [2.05, 4.69) is 21.2 Å². The number of carbonyl (C=O) groups is 2. The molecule has 1 aliphatic heterocycles. The van der Waals surface area contributed by atoms with Gasteiger partial charge in [-0.15, -0.1) is 0 Å². The van der Waals surface area contributed by atoms with E-state index in [-0.39, 0.29) is 30.9 Å². The summed E-state index contributed by atoms with van der Waals surface area (Å²) < 4.78 is 57.1. The Labute approximate surface area is 185 Å². The molecule has 0 bridgehead atoms. The van der Waals surface area contributed by atoms with Gasteiger partial charge in [-0.05, 0) is 37.6 Å². The van der Waals surface area contributed by atoms with Gasteiger partial charge in [-0.2, -0.15) is 23.5 Å². The van der Waals surface area contributed by atoms with Crippen LogP contribution in [0.25, 0.3) is 0 Å². The number of hydrogen-bond acceptors (Lipinski definition) is 6. The van der Waals surface area contributed by atoms with E-state index in [1.807, 2.05) is 0 Å². The van der Waals surface area contributed by atoms with E-state index in [1.165, 1.54) is 35.1 Å². The van der Waals surface area contributed by atoms with Crippen LogP contribution in [0.2, 0.25) is 0 Å². The largest absolute Gasteiger partial charge is 0.437 e. The monoisotopic (exact) mass is 468 g/mol. The van der Waals surface area contributed by atoms with E-state index in [0.29, 0.717) is 5.69 Å². The molecular weight excluding hydrogens is 448 g/mol. The molecule has 0 aliphatic carbocycles. The Morgan fingerprint density at radius 2 is 2.00 bits per heavy atom. The molecule has 3 unspecified atom stereocenters. The SMILES string of the molecule is CC(OC(=O)N1CCC(C#N)C(n2cc(C(N)=O)c(Nc3ccc(F)cc3)n2)C1)C(F)(F)F. The number of nitrogens with zero attached hydrogens (tertiary/aromatic N) is 4. The maximum absolute atomic E-state index is 13.2. The number of amides is 2. The van der Waals surface area contributed by atoms with Crippen LogP contribution >= 0.6 is 0 Å². The fourth-order valence-corrected chi connectivity index (χ4v) is 3.31. The first-order valence-electron chi connectivity index (χ1n) is 9.83. The van der Waals surface area contributed by atoms with Crippen molar-refractivity contribution in [2.45, 2.75) is 31.7 Å². The van der Waals surface area contributed by atoms with Gasteiger partial charge in [0.05, 0.1) is 18.0 Å². The summed E-state index contributed by atoms with van der Waals surface area (Å²) in [6.45, 7) is 0.567. The highest BCUT2D eigenvalue weighted by molar-refractivity contribution is 5.98.